The van der Waals surface area contributed by atoms with Crippen LogP contribution in [0, 0.1) is 3.57 Å². The molecule has 15 heavy (non-hydrogen) atoms. The summed E-state index contributed by atoms with van der Waals surface area (Å²) in [5.74, 6) is 5.31. The van der Waals surface area contributed by atoms with Crippen molar-refractivity contribution in [2.75, 3.05) is 5.43 Å². The normalized spacial score (nSPS) is 10.3. The number of anilines is 1. The Morgan fingerprint density at radius 1 is 1.53 bits per heavy atom. The summed E-state index contributed by atoms with van der Waals surface area (Å²) in [6.07, 6.45) is 5.50. The molecule has 0 radical (unpaired) electrons. The van der Waals surface area contributed by atoms with Gasteiger partial charge in [0.15, 0.2) is 0 Å². The van der Waals surface area contributed by atoms with E-state index in [1.165, 1.54) is 0 Å². The van der Waals surface area contributed by atoms with E-state index in [0.717, 1.165) is 15.0 Å². The van der Waals surface area contributed by atoms with Crippen LogP contribution in [0.25, 0.3) is 0 Å². The van der Waals surface area contributed by atoms with Crippen molar-refractivity contribution in [3.63, 3.8) is 0 Å². The molecule has 0 aromatic carbocycles. The lowest BCUT2D eigenvalue weighted by Gasteiger charge is -2.03. The maximum atomic E-state index is 5.31. The Labute approximate surface area is 101 Å². The number of pyridine rings is 1. The summed E-state index contributed by atoms with van der Waals surface area (Å²) in [6, 6.07) is 3.71. The van der Waals surface area contributed by atoms with E-state index in [2.05, 4.69) is 38.1 Å². The monoisotopic (exact) mass is 315 g/mol. The number of hydrogen-bond acceptors (Lipinski definition) is 4. The van der Waals surface area contributed by atoms with Gasteiger partial charge in [0.25, 0.3) is 0 Å². The Morgan fingerprint density at radius 3 is 3.07 bits per heavy atom. The van der Waals surface area contributed by atoms with Crippen molar-refractivity contribution in [2.24, 2.45) is 5.84 Å². The first-order valence-electron chi connectivity index (χ1n) is 4.37. The van der Waals surface area contributed by atoms with Gasteiger partial charge in [-0.25, -0.2) is 0 Å². The third-order valence-electron chi connectivity index (χ3n) is 1.91. The van der Waals surface area contributed by atoms with Crippen LogP contribution < -0.4 is 11.3 Å². The minimum Gasteiger partial charge on any atom is -0.324 e. The molecule has 0 atom stereocenters. The molecular formula is C9H10IN5. The number of hydrogen-bond donors (Lipinski definition) is 2. The molecule has 0 bridgehead atoms. The highest BCUT2D eigenvalue weighted by atomic mass is 127. The first kappa shape index (κ1) is 10.4. The lowest BCUT2D eigenvalue weighted by molar-refractivity contribution is 0.672. The molecule has 2 rings (SSSR count). The first-order valence-corrected chi connectivity index (χ1v) is 5.45. The van der Waals surface area contributed by atoms with Crippen molar-refractivity contribution < 1.29 is 0 Å². The second-order valence-electron chi connectivity index (χ2n) is 3.04. The lowest BCUT2D eigenvalue weighted by atomic mass is 10.3. The van der Waals surface area contributed by atoms with Crippen molar-refractivity contribution in [1.82, 2.24) is 14.8 Å². The molecular weight excluding hydrogens is 305 g/mol. The molecule has 0 aliphatic heterocycles. The zero-order chi connectivity index (χ0) is 10.7. The smallest absolute Gasteiger partial charge is 0.0832 e. The van der Waals surface area contributed by atoms with E-state index >= 15 is 0 Å². The van der Waals surface area contributed by atoms with Gasteiger partial charge in [-0.15, -0.1) is 0 Å². The first-order chi connectivity index (χ1) is 7.28. The molecule has 0 amide bonds. The molecule has 0 saturated heterocycles. The molecule has 78 valence electrons. The average Bonchev–Trinajstić information content (AvgIpc) is 2.64. The summed E-state index contributed by atoms with van der Waals surface area (Å²) in [6.45, 7) is 0.651. The summed E-state index contributed by atoms with van der Waals surface area (Å²) in [5, 5.41) is 4.18. The number of nitrogens with zero attached hydrogens (tertiary/aromatic N) is 3. The fraction of sp³-hybridized carbons (Fsp3) is 0.111. The number of nitrogens with two attached hydrogens (primary N) is 1. The second kappa shape index (κ2) is 4.58. The molecule has 0 saturated carbocycles. The van der Waals surface area contributed by atoms with E-state index in [9.17, 15) is 0 Å². The van der Waals surface area contributed by atoms with E-state index in [1.54, 1.807) is 6.20 Å². The highest BCUT2D eigenvalue weighted by Crippen LogP contribution is 2.08. The number of nitrogen functional groups attached to an aromatic ring is 1. The Hall–Kier alpha value is -1.15. The maximum absolute atomic E-state index is 5.31. The summed E-state index contributed by atoms with van der Waals surface area (Å²) in [4.78, 5) is 4.23. The van der Waals surface area contributed by atoms with Crippen molar-refractivity contribution in [3.8, 4) is 0 Å². The maximum Gasteiger partial charge on any atom is 0.0832 e. The van der Waals surface area contributed by atoms with E-state index in [4.69, 9.17) is 5.84 Å². The minimum atomic E-state index is 0.651. The van der Waals surface area contributed by atoms with Crippen LogP contribution in [0.3, 0.4) is 0 Å². The van der Waals surface area contributed by atoms with Gasteiger partial charge in [-0.05, 0) is 34.7 Å². The molecule has 2 aromatic heterocycles. The minimum absolute atomic E-state index is 0.651. The Kier molecular flexibility index (Phi) is 3.17. The molecule has 0 unspecified atom stereocenters. The Morgan fingerprint density at radius 2 is 2.40 bits per heavy atom. The summed E-state index contributed by atoms with van der Waals surface area (Å²) < 4.78 is 2.95. The lowest BCUT2D eigenvalue weighted by Crippen LogP contribution is -2.08. The van der Waals surface area contributed by atoms with Gasteiger partial charge in [0, 0.05) is 12.4 Å². The van der Waals surface area contributed by atoms with E-state index in [1.807, 2.05) is 29.2 Å². The van der Waals surface area contributed by atoms with Crippen LogP contribution in [-0.4, -0.2) is 14.8 Å². The third kappa shape index (κ3) is 2.66. The highest BCUT2D eigenvalue weighted by molar-refractivity contribution is 14.1. The van der Waals surface area contributed by atoms with Crippen molar-refractivity contribution >= 4 is 28.3 Å². The second-order valence-corrected chi connectivity index (χ2v) is 4.28. The number of nitrogens with one attached hydrogen (secondary N) is 1. The molecule has 3 N–H and O–H groups in total. The summed E-state index contributed by atoms with van der Waals surface area (Å²) in [7, 11) is 0. The zero-order valence-corrected chi connectivity index (χ0v) is 10.0. The van der Waals surface area contributed by atoms with Crippen LogP contribution >= 0.6 is 22.6 Å². The van der Waals surface area contributed by atoms with E-state index < -0.39 is 0 Å². The predicted octanol–water partition coefficient (Wildman–Crippen LogP) is 1.22. The number of rotatable bonds is 3. The molecule has 0 spiro atoms. The van der Waals surface area contributed by atoms with Gasteiger partial charge in [0.1, 0.15) is 0 Å². The summed E-state index contributed by atoms with van der Waals surface area (Å²) >= 11 is 2.22. The van der Waals surface area contributed by atoms with E-state index in [-0.39, 0.29) is 0 Å². The predicted molar refractivity (Wildman–Crippen MR) is 66.1 cm³/mol. The molecule has 2 aromatic rings. The van der Waals surface area contributed by atoms with Crippen LogP contribution in [0.2, 0.25) is 0 Å². The fourth-order valence-corrected chi connectivity index (χ4v) is 1.69. The van der Waals surface area contributed by atoms with Crippen molar-refractivity contribution in [1.29, 1.82) is 0 Å². The largest absolute Gasteiger partial charge is 0.324 e. The standard InChI is InChI=1S/C9H10IN5/c10-7-4-13-15(5-7)6-9-3-8(14-11)1-2-12-9/h1-5H,6,11H2,(H,12,14). The molecule has 2 heterocycles. The number of hydrazine groups is 1. The fourth-order valence-electron chi connectivity index (χ4n) is 1.25. The topological polar surface area (TPSA) is 68.8 Å². The number of halogens is 1. The van der Waals surface area contributed by atoms with Crippen LogP contribution in [-0.2, 0) is 6.54 Å². The quantitative estimate of drug-likeness (QED) is 0.508. The molecule has 0 aliphatic rings. The van der Waals surface area contributed by atoms with Crippen LogP contribution in [0.4, 0.5) is 5.69 Å². The summed E-state index contributed by atoms with van der Waals surface area (Å²) in [5.41, 5.74) is 4.36. The molecule has 0 aliphatic carbocycles. The van der Waals surface area contributed by atoms with Crippen molar-refractivity contribution in [2.45, 2.75) is 6.54 Å². The van der Waals surface area contributed by atoms with Crippen LogP contribution in [0.5, 0.6) is 0 Å². The van der Waals surface area contributed by atoms with Crippen molar-refractivity contribution in [3.05, 3.63) is 40.0 Å². The SMILES string of the molecule is NNc1ccnc(Cn2cc(I)cn2)c1. The van der Waals surface area contributed by atoms with Gasteiger partial charge in [-0.2, -0.15) is 5.10 Å². The van der Waals surface area contributed by atoms with Crippen LogP contribution in [0.1, 0.15) is 5.69 Å². The number of aromatic nitrogens is 3. The Bertz CT molecular complexity index is 453. The van der Waals surface area contributed by atoms with E-state index in [0.29, 0.717) is 6.54 Å². The van der Waals surface area contributed by atoms with Gasteiger partial charge >= 0.3 is 0 Å². The van der Waals surface area contributed by atoms with Gasteiger partial charge < -0.3 is 5.43 Å². The van der Waals surface area contributed by atoms with Gasteiger partial charge in [0.05, 0.1) is 27.7 Å². The highest BCUT2D eigenvalue weighted by Gasteiger charge is 1.99. The zero-order valence-electron chi connectivity index (χ0n) is 7.89. The molecule has 0 fully saturated rings. The van der Waals surface area contributed by atoms with Gasteiger partial charge in [-0.3, -0.25) is 15.5 Å². The van der Waals surface area contributed by atoms with Gasteiger partial charge in [-0.1, -0.05) is 0 Å². The average molecular weight is 315 g/mol. The molecule has 5 nitrogen and oxygen atoms in total. The molecule has 6 heteroatoms. The third-order valence-corrected chi connectivity index (χ3v) is 2.47. The van der Waals surface area contributed by atoms with Gasteiger partial charge in [0.2, 0.25) is 0 Å². The Balaban J connectivity index is 2.16. The van der Waals surface area contributed by atoms with Crippen LogP contribution in [0.15, 0.2) is 30.7 Å².